The maximum absolute atomic E-state index is 11.8. The summed E-state index contributed by atoms with van der Waals surface area (Å²) in [5.74, 6) is -1.09. The fourth-order valence-corrected chi connectivity index (χ4v) is 2.74. The highest BCUT2D eigenvalue weighted by Gasteiger charge is 2.15. The molecule has 1 heterocycles. The SMILES string of the molecule is CC(=O)c1ccc(C(=O)OCC(=O)NC(C)c2ccccc2)s1. The number of esters is 1. The molecule has 0 spiro atoms. The van der Waals surface area contributed by atoms with E-state index in [9.17, 15) is 14.4 Å². The molecule has 2 rings (SSSR count). The van der Waals surface area contributed by atoms with E-state index in [1.54, 1.807) is 6.07 Å². The molecule has 0 radical (unpaired) electrons. The molecule has 5 nitrogen and oxygen atoms in total. The topological polar surface area (TPSA) is 72.5 Å². The van der Waals surface area contributed by atoms with E-state index in [0.29, 0.717) is 9.75 Å². The number of thiophene rings is 1. The molecule has 1 amide bonds. The van der Waals surface area contributed by atoms with Gasteiger partial charge < -0.3 is 10.1 Å². The second kappa shape index (κ2) is 7.69. The Morgan fingerprint density at radius 3 is 2.35 bits per heavy atom. The number of amides is 1. The van der Waals surface area contributed by atoms with E-state index in [-0.39, 0.29) is 24.3 Å². The molecule has 1 aromatic heterocycles. The van der Waals surface area contributed by atoms with Crippen LogP contribution in [0.4, 0.5) is 0 Å². The van der Waals surface area contributed by atoms with Gasteiger partial charge in [-0.1, -0.05) is 30.3 Å². The van der Waals surface area contributed by atoms with Gasteiger partial charge in [-0.15, -0.1) is 11.3 Å². The summed E-state index contributed by atoms with van der Waals surface area (Å²) in [5, 5.41) is 2.76. The Hall–Kier alpha value is -2.47. The predicted octanol–water partition coefficient (Wildman–Crippen LogP) is 2.98. The molecule has 6 heteroatoms. The summed E-state index contributed by atoms with van der Waals surface area (Å²) in [7, 11) is 0. The van der Waals surface area contributed by atoms with Crippen molar-refractivity contribution < 1.29 is 19.1 Å². The first-order valence-electron chi connectivity index (χ1n) is 7.09. The maximum atomic E-state index is 11.8. The zero-order valence-corrected chi connectivity index (χ0v) is 13.7. The van der Waals surface area contributed by atoms with E-state index in [2.05, 4.69) is 5.32 Å². The summed E-state index contributed by atoms with van der Waals surface area (Å²) in [4.78, 5) is 35.7. The molecule has 23 heavy (non-hydrogen) atoms. The average molecular weight is 331 g/mol. The number of carbonyl (C=O) groups is 3. The monoisotopic (exact) mass is 331 g/mol. The van der Waals surface area contributed by atoms with Crippen LogP contribution in [0.3, 0.4) is 0 Å². The molecule has 0 fully saturated rings. The van der Waals surface area contributed by atoms with Gasteiger partial charge in [0.1, 0.15) is 4.88 Å². The van der Waals surface area contributed by atoms with Gasteiger partial charge in [0.2, 0.25) is 0 Å². The van der Waals surface area contributed by atoms with Gasteiger partial charge in [-0.25, -0.2) is 4.79 Å². The van der Waals surface area contributed by atoms with Gasteiger partial charge in [-0.05, 0) is 31.5 Å². The van der Waals surface area contributed by atoms with Gasteiger partial charge in [-0.3, -0.25) is 9.59 Å². The van der Waals surface area contributed by atoms with Crippen LogP contribution in [0.15, 0.2) is 42.5 Å². The van der Waals surface area contributed by atoms with Gasteiger partial charge in [0.25, 0.3) is 5.91 Å². The third-order valence-corrected chi connectivity index (χ3v) is 4.33. The predicted molar refractivity (Wildman–Crippen MR) is 87.6 cm³/mol. The van der Waals surface area contributed by atoms with Crippen LogP contribution in [-0.4, -0.2) is 24.3 Å². The average Bonchev–Trinajstić information content (AvgIpc) is 3.03. The summed E-state index contributed by atoms with van der Waals surface area (Å²) in [6.07, 6.45) is 0. The minimum absolute atomic E-state index is 0.108. The minimum atomic E-state index is -0.606. The van der Waals surface area contributed by atoms with E-state index in [1.807, 2.05) is 37.3 Å². The van der Waals surface area contributed by atoms with Crippen LogP contribution in [0.5, 0.6) is 0 Å². The Labute approximate surface area is 138 Å². The van der Waals surface area contributed by atoms with Crippen LogP contribution in [0, 0.1) is 0 Å². The highest BCUT2D eigenvalue weighted by Crippen LogP contribution is 2.18. The molecule has 2 aromatic rings. The lowest BCUT2D eigenvalue weighted by Crippen LogP contribution is -2.31. The molecule has 0 aliphatic heterocycles. The van der Waals surface area contributed by atoms with E-state index >= 15 is 0 Å². The second-order valence-electron chi connectivity index (χ2n) is 5.00. The maximum Gasteiger partial charge on any atom is 0.348 e. The van der Waals surface area contributed by atoms with E-state index in [1.165, 1.54) is 13.0 Å². The first kappa shape index (κ1) is 16.9. The number of benzene rings is 1. The molecular weight excluding hydrogens is 314 g/mol. The number of nitrogens with one attached hydrogen (secondary N) is 1. The standard InChI is InChI=1S/C17H17NO4S/c1-11(13-6-4-3-5-7-13)18-16(20)10-22-17(21)15-9-8-14(23-15)12(2)19/h3-9,11H,10H2,1-2H3,(H,18,20). The van der Waals surface area contributed by atoms with Crippen LogP contribution < -0.4 is 5.32 Å². The van der Waals surface area contributed by atoms with Crippen molar-refractivity contribution >= 4 is 29.0 Å². The number of hydrogen-bond donors (Lipinski definition) is 1. The van der Waals surface area contributed by atoms with Gasteiger partial charge in [0, 0.05) is 0 Å². The summed E-state index contributed by atoms with van der Waals surface area (Å²) in [6.45, 7) is 2.93. The molecule has 1 atom stereocenters. The Balaban J connectivity index is 1.84. The third kappa shape index (κ3) is 4.75. The van der Waals surface area contributed by atoms with Crippen molar-refractivity contribution in [2.45, 2.75) is 19.9 Å². The smallest absolute Gasteiger partial charge is 0.348 e. The van der Waals surface area contributed by atoms with Gasteiger partial charge >= 0.3 is 5.97 Å². The zero-order valence-electron chi connectivity index (χ0n) is 12.9. The molecule has 0 aliphatic carbocycles. The Morgan fingerprint density at radius 1 is 1.09 bits per heavy atom. The van der Waals surface area contributed by atoms with Crippen LogP contribution in [0.1, 0.15) is 44.8 Å². The van der Waals surface area contributed by atoms with Crippen molar-refractivity contribution in [3.05, 3.63) is 57.8 Å². The van der Waals surface area contributed by atoms with Crippen molar-refractivity contribution in [2.75, 3.05) is 6.61 Å². The highest BCUT2D eigenvalue weighted by atomic mass is 32.1. The minimum Gasteiger partial charge on any atom is -0.451 e. The zero-order chi connectivity index (χ0) is 16.8. The highest BCUT2D eigenvalue weighted by molar-refractivity contribution is 7.15. The normalized spacial score (nSPS) is 11.6. The van der Waals surface area contributed by atoms with Crippen molar-refractivity contribution in [1.29, 1.82) is 0 Å². The van der Waals surface area contributed by atoms with Gasteiger partial charge in [-0.2, -0.15) is 0 Å². The number of rotatable bonds is 6. The lowest BCUT2D eigenvalue weighted by atomic mass is 10.1. The van der Waals surface area contributed by atoms with Crippen molar-refractivity contribution in [3.63, 3.8) is 0 Å². The quantitative estimate of drug-likeness (QED) is 0.652. The molecule has 0 aliphatic rings. The van der Waals surface area contributed by atoms with Crippen LogP contribution in [0.2, 0.25) is 0 Å². The molecular formula is C17H17NO4S. The molecule has 1 unspecified atom stereocenters. The Morgan fingerprint density at radius 2 is 1.74 bits per heavy atom. The molecule has 0 saturated carbocycles. The lowest BCUT2D eigenvalue weighted by molar-refractivity contribution is -0.124. The summed E-state index contributed by atoms with van der Waals surface area (Å²) in [6, 6.07) is 12.4. The van der Waals surface area contributed by atoms with Crippen molar-refractivity contribution in [2.24, 2.45) is 0 Å². The molecule has 1 N–H and O–H groups in total. The number of ketones is 1. The lowest BCUT2D eigenvalue weighted by Gasteiger charge is -2.14. The van der Waals surface area contributed by atoms with Crippen LogP contribution in [0.25, 0.3) is 0 Å². The second-order valence-corrected chi connectivity index (χ2v) is 6.08. The number of carbonyl (C=O) groups excluding carboxylic acids is 3. The number of Topliss-reactive ketones (excluding diaryl/α,β-unsaturated/α-hetero) is 1. The van der Waals surface area contributed by atoms with Crippen molar-refractivity contribution in [1.82, 2.24) is 5.32 Å². The van der Waals surface area contributed by atoms with Crippen LogP contribution >= 0.6 is 11.3 Å². The molecule has 120 valence electrons. The summed E-state index contributed by atoms with van der Waals surface area (Å²) < 4.78 is 4.97. The summed E-state index contributed by atoms with van der Waals surface area (Å²) >= 11 is 1.06. The van der Waals surface area contributed by atoms with Gasteiger partial charge in [0.15, 0.2) is 12.4 Å². The number of ether oxygens (including phenoxy) is 1. The molecule has 1 aromatic carbocycles. The Kier molecular flexibility index (Phi) is 5.65. The fraction of sp³-hybridized carbons (Fsp3) is 0.235. The Bertz CT molecular complexity index is 708. The molecule has 0 bridgehead atoms. The number of hydrogen-bond acceptors (Lipinski definition) is 5. The summed E-state index contributed by atoms with van der Waals surface area (Å²) in [5.41, 5.74) is 0.969. The third-order valence-electron chi connectivity index (χ3n) is 3.17. The van der Waals surface area contributed by atoms with E-state index in [0.717, 1.165) is 16.9 Å². The van der Waals surface area contributed by atoms with E-state index in [4.69, 9.17) is 4.74 Å². The van der Waals surface area contributed by atoms with Crippen LogP contribution in [-0.2, 0) is 9.53 Å². The molecule has 0 saturated heterocycles. The van der Waals surface area contributed by atoms with Crippen molar-refractivity contribution in [3.8, 4) is 0 Å². The largest absolute Gasteiger partial charge is 0.451 e. The first-order chi connectivity index (χ1) is 11.0. The van der Waals surface area contributed by atoms with E-state index < -0.39 is 5.97 Å². The van der Waals surface area contributed by atoms with Gasteiger partial charge in [0.05, 0.1) is 10.9 Å². The first-order valence-corrected chi connectivity index (χ1v) is 7.91. The fourth-order valence-electron chi connectivity index (χ4n) is 1.95.